The van der Waals surface area contributed by atoms with Crippen LogP contribution in [0.1, 0.15) is 21.7 Å². The third-order valence-electron chi connectivity index (χ3n) is 4.49. The number of pyridine rings is 1. The van der Waals surface area contributed by atoms with E-state index in [4.69, 9.17) is 0 Å². The van der Waals surface area contributed by atoms with Gasteiger partial charge in [0.05, 0.1) is 24.8 Å². The number of urea groups is 1. The van der Waals surface area contributed by atoms with Crippen molar-refractivity contribution in [2.45, 2.75) is 13.1 Å². The van der Waals surface area contributed by atoms with Crippen LogP contribution >= 0.6 is 0 Å². The third kappa shape index (κ3) is 4.64. The largest absolute Gasteiger partial charge is 0.350 e. The molecule has 4 amide bonds. The van der Waals surface area contributed by atoms with Gasteiger partial charge >= 0.3 is 6.03 Å². The molecule has 0 radical (unpaired) electrons. The Bertz CT molecular complexity index is 880. The van der Waals surface area contributed by atoms with Gasteiger partial charge in [-0.05, 0) is 17.7 Å². The minimum absolute atomic E-state index is 0.0435. The highest BCUT2D eigenvalue weighted by Crippen LogP contribution is 2.06. The van der Waals surface area contributed by atoms with Gasteiger partial charge in [-0.25, -0.2) is 9.78 Å². The molecule has 0 aromatic carbocycles. The van der Waals surface area contributed by atoms with Crippen LogP contribution in [-0.2, 0) is 24.9 Å². The van der Waals surface area contributed by atoms with Gasteiger partial charge in [-0.1, -0.05) is 0 Å². The lowest BCUT2D eigenvalue weighted by molar-refractivity contribution is -0.121. The summed E-state index contributed by atoms with van der Waals surface area (Å²) in [7, 11) is 3.46. The summed E-state index contributed by atoms with van der Waals surface area (Å²) in [5, 5.41) is 5.60. The van der Waals surface area contributed by atoms with Crippen molar-refractivity contribution in [2.75, 3.05) is 26.7 Å². The first-order valence-corrected chi connectivity index (χ1v) is 8.89. The molecule has 0 bridgehead atoms. The molecule has 1 aliphatic rings. The number of nitrogens with zero attached hydrogens (tertiary/aromatic N) is 5. The van der Waals surface area contributed by atoms with Gasteiger partial charge in [-0.15, -0.1) is 0 Å². The van der Waals surface area contributed by atoms with E-state index >= 15 is 0 Å². The molecule has 1 saturated heterocycles. The number of imidazole rings is 1. The average Bonchev–Trinajstić information content (AvgIpc) is 3.25. The smallest absolute Gasteiger partial charge is 0.320 e. The summed E-state index contributed by atoms with van der Waals surface area (Å²) >= 11 is 0. The standard InChI is InChI=1S/C18H23N7O3/c1-23-5-6-25(18(23)28)11-16(26)21-8-13-3-4-20-14(7-13)9-22-17(27)15-10-19-12-24(15)2/h3-4,7,10,12H,5-6,8-9,11H2,1-2H3,(H,21,26)(H,22,27). The summed E-state index contributed by atoms with van der Waals surface area (Å²) in [4.78, 5) is 47.3. The van der Waals surface area contributed by atoms with Gasteiger partial charge in [0.25, 0.3) is 5.91 Å². The molecule has 0 unspecified atom stereocenters. The van der Waals surface area contributed by atoms with E-state index in [2.05, 4.69) is 20.6 Å². The number of aromatic nitrogens is 3. The third-order valence-corrected chi connectivity index (χ3v) is 4.49. The summed E-state index contributed by atoms with van der Waals surface area (Å²) in [5.74, 6) is -0.452. The summed E-state index contributed by atoms with van der Waals surface area (Å²) in [6.07, 6.45) is 4.69. The van der Waals surface area contributed by atoms with Gasteiger partial charge in [0.15, 0.2) is 0 Å². The number of rotatable bonds is 7. The maximum Gasteiger partial charge on any atom is 0.320 e. The molecule has 2 aromatic heterocycles. The molecule has 2 N–H and O–H groups in total. The normalized spacial score (nSPS) is 13.7. The number of likely N-dealkylation sites (N-methyl/N-ethyl adjacent to an activating group) is 1. The Labute approximate surface area is 162 Å². The molecule has 148 valence electrons. The second-order valence-corrected chi connectivity index (χ2v) is 6.63. The van der Waals surface area contributed by atoms with Crippen molar-refractivity contribution in [3.63, 3.8) is 0 Å². The SMILES string of the molecule is CN1CCN(CC(=O)NCc2ccnc(CNC(=O)c3cncn3C)c2)C1=O. The Morgan fingerprint density at radius 1 is 1.18 bits per heavy atom. The molecule has 0 saturated carbocycles. The fraction of sp³-hybridized carbons (Fsp3) is 0.389. The first-order valence-electron chi connectivity index (χ1n) is 8.89. The molecule has 28 heavy (non-hydrogen) atoms. The highest BCUT2D eigenvalue weighted by molar-refractivity contribution is 5.92. The minimum Gasteiger partial charge on any atom is -0.350 e. The van der Waals surface area contributed by atoms with E-state index in [1.807, 2.05) is 6.07 Å². The molecule has 2 aromatic rings. The van der Waals surface area contributed by atoms with Crippen molar-refractivity contribution in [3.05, 3.63) is 47.8 Å². The number of nitrogens with one attached hydrogen (secondary N) is 2. The Morgan fingerprint density at radius 3 is 2.68 bits per heavy atom. The monoisotopic (exact) mass is 385 g/mol. The number of hydrogen-bond donors (Lipinski definition) is 2. The van der Waals surface area contributed by atoms with Gasteiger partial charge < -0.3 is 25.0 Å². The Morgan fingerprint density at radius 2 is 2.00 bits per heavy atom. The lowest BCUT2D eigenvalue weighted by Crippen LogP contribution is -2.39. The van der Waals surface area contributed by atoms with Crippen molar-refractivity contribution in [2.24, 2.45) is 7.05 Å². The second-order valence-electron chi connectivity index (χ2n) is 6.63. The van der Waals surface area contributed by atoms with Gasteiger partial charge in [0, 0.05) is 39.9 Å². The molecule has 0 spiro atoms. The maximum atomic E-state index is 12.1. The van der Waals surface area contributed by atoms with E-state index in [0.717, 1.165) is 5.56 Å². The molecule has 0 aliphatic carbocycles. The molecule has 10 nitrogen and oxygen atoms in total. The minimum atomic E-state index is -0.235. The topological polar surface area (TPSA) is 112 Å². The highest BCUT2D eigenvalue weighted by Gasteiger charge is 2.26. The zero-order chi connectivity index (χ0) is 20.1. The maximum absolute atomic E-state index is 12.1. The lowest BCUT2D eigenvalue weighted by Gasteiger charge is -2.15. The predicted molar refractivity (Wildman–Crippen MR) is 100 cm³/mol. The van der Waals surface area contributed by atoms with Crippen molar-refractivity contribution in [3.8, 4) is 0 Å². The van der Waals surface area contributed by atoms with Gasteiger partial charge in [-0.3, -0.25) is 14.6 Å². The van der Waals surface area contributed by atoms with Gasteiger partial charge in [-0.2, -0.15) is 0 Å². The van der Waals surface area contributed by atoms with Crippen molar-refractivity contribution in [1.29, 1.82) is 0 Å². The molecule has 10 heteroatoms. The summed E-state index contributed by atoms with van der Waals surface area (Å²) in [6, 6.07) is 3.48. The molecule has 1 aliphatic heterocycles. The quantitative estimate of drug-likeness (QED) is 0.681. The first kappa shape index (κ1) is 19.3. The predicted octanol–water partition coefficient (Wildman–Crippen LogP) is -0.271. The van der Waals surface area contributed by atoms with Crippen LogP contribution in [-0.4, -0.2) is 68.9 Å². The van der Waals surface area contributed by atoms with Crippen molar-refractivity contribution < 1.29 is 14.4 Å². The average molecular weight is 385 g/mol. The van der Waals surface area contributed by atoms with Crippen LogP contribution in [0.15, 0.2) is 30.9 Å². The molecule has 0 atom stereocenters. The molecular weight excluding hydrogens is 362 g/mol. The fourth-order valence-corrected chi connectivity index (χ4v) is 2.85. The fourth-order valence-electron chi connectivity index (χ4n) is 2.85. The van der Waals surface area contributed by atoms with E-state index < -0.39 is 0 Å². The molecule has 3 heterocycles. The van der Waals surface area contributed by atoms with Crippen LogP contribution in [0.3, 0.4) is 0 Å². The van der Waals surface area contributed by atoms with Crippen LogP contribution in [0.25, 0.3) is 0 Å². The number of aryl methyl sites for hydroxylation is 1. The zero-order valence-electron chi connectivity index (χ0n) is 15.9. The van der Waals surface area contributed by atoms with E-state index in [-0.39, 0.29) is 30.9 Å². The molecule has 3 rings (SSSR count). The molecule has 1 fully saturated rings. The zero-order valence-corrected chi connectivity index (χ0v) is 15.9. The van der Waals surface area contributed by atoms with Crippen LogP contribution < -0.4 is 10.6 Å². The van der Waals surface area contributed by atoms with Crippen LogP contribution in [0.2, 0.25) is 0 Å². The first-order chi connectivity index (χ1) is 13.4. The number of carbonyl (C=O) groups excluding carboxylic acids is 3. The Kier molecular flexibility index (Phi) is 5.87. The van der Waals surface area contributed by atoms with E-state index in [0.29, 0.717) is 31.0 Å². The Balaban J connectivity index is 1.48. The summed E-state index contributed by atoms with van der Waals surface area (Å²) < 4.78 is 1.64. The summed E-state index contributed by atoms with van der Waals surface area (Å²) in [5.41, 5.74) is 2.00. The van der Waals surface area contributed by atoms with Crippen molar-refractivity contribution in [1.82, 2.24) is 35.0 Å². The van der Waals surface area contributed by atoms with E-state index in [1.54, 1.807) is 42.2 Å². The molecular formula is C18H23N7O3. The van der Waals surface area contributed by atoms with E-state index in [1.165, 1.54) is 11.1 Å². The highest BCUT2D eigenvalue weighted by atomic mass is 16.2. The van der Waals surface area contributed by atoms with Crippen LogP contribution in [0.5, 0.6) is 0 Å². The van der Waals surface area contributed by atoms with Crippen LogP contribution in [0, 0.1) is 0 Å². The number of carbonyl (C=O) groups is 3. The van der Waals surface area contributed by atoms with Crippen LogP contribution in [0.4, 0.5) is 4.79 Å². The summed E-state index contributed by atoms with van der Waals surface area (Å²) in [6.45, 7) is 1.81. The number of amides is 4. The Hall–Kier alpha value is -3.43. The second kappa shape index (κ2) is 8.51. The van der Waals surface area contributed by atoms with E-state index in [9.17, 15) is 14.4 Å². The number of hydrogen-bond acceptors (Lipinski definition) is 5. The lowest BCUT2D eigenvalue weighted by atomic mass is 10.2. The van der Waals surface area contributed by atoms with Gasteiger partial charge in [0.2, 0.25) is 5.91 Å². The van der Waals surface area contributed by atoms with Gasteiger partial charge in [0.1, 0.15) is 12.2 Å². The van der Waals surface area contributed by atoms with Crippen molar-refractivity contribution >= 4 is 17.8 Å².